The molecule has 0 saturated carbocycles. The Morgan fingerprint density at radius 3 is 2.59 bits per heavy atom. The first kappa shape index (κ1) is 25.5. The lowest BCUT2D eigenvalue weighted by Gasteiger charge is -2.37. The smallest absolute Gasteiger partial charge is 0.437 e. The molecule has 1 aromatic heterocycles. The molecule has 0 saturated heterocycles. The van der Waals surface area contributed by atoms with Gasteiger partial charge in [-0.15, -0.1) is 0 Å². The fourth-order valence-electron chi connectivity index (χ4n) is 4.42. The van der Waals surface area contributed by atoms with E-state index in [2.05, 4.69) is 46.5 Å². The summed E-state index contributed by atoms with van der Waals surface area (Å²) in [7, 11) is -2.78. The first-order valence-corrected chi connectivity index (χ1v) is 14.7. The van der Waals surface area contributed by atoms with Crippen LogP contribution in [0.5, 0.6) is 0 Å². The highest BCUT2D eigenvalue weighted by molar-refractivity contribution is 8.00. The van der Waals surface area contributed by atoms with Crippen molar-refractivity contribution < 1.29 is 18.6 Å². The molecule has 0 amide bonds. The van der Waals surface area contributed by atoms with Crippen LogP contribution >= 0.6 is 24.0 Å². The van der Waals surface area contributed by atoms with Gasteiger partial charge in [0, 0.05) is 22.5 Å². The molecule has 0 bridgehead atoms. The van der Waals surface area contributed by atoms with E-state index in [0.717, 1.165) is 18.6 Å². The molecule has 10 heteroatoms. The third kappa shape index (κ3) is 5.35. The molecular weight excluding hydrogens is 464 g/mol. The fourth-order valence-corrected chi connectivity index (χ4v) is 9.19. The molecule has 3 heterocycles. The van der Waals surface area contributed by atoms with E-state index in [1.807, 2.05) is 18.7 Å². The lowest BCUT2D eigenvalue weighted by Crippen LogP contribution is -2.49. The number of nitrogens with one attached hydrogen (secondary N) is 1. The number of rotatable bonds is 8. The van der Waals surface area contributed by atoms with E-state index in [9.17, 15) is 4.79 Å². The Hall–Kier alpha value is -1.07. The first-order valence-electron chi connectivity index (χ1n) is 11.4. The van der Waals surface area contributed by atoms with E-state index in [0.29, 0.717) is 20.9 Å². The number of nitrogens with zero attached hydrogens (tertiary/aromatic N) is 1. The third-order valence-corrected chi connectivity index (χ3v) is 11.8. The Morgan fingerprint density at radius 2 is 1.97 bits per heavy atom. The maximum absolute atomic E-state index is 12.5. The van der Waals surface area contributed by atoms with E-state index in [1.165, 1.54) is 4.57 Å². The minimum Gasteiger partial charge on any atom is -0.519 e. The Kier molecular flexibility index (Phi) is 8.35. The highest BCUT2D eigenvalue weighted by atomic mass is 32.2. The van der Waals surface area contributed by atoms with E-state index < -0.39 is 14.8 Å². The lowest BCUT2D eigenvalue weighted by molar-refractivity contribution is -0.230. The van der Waals surface area contributed by atoms with Crippen LogP contribution in [0.15, 0.2) is 28.6 Å². The molecule has 0 fully saturated rings. The molecule has 0 spiro atoms. The topological polar surface area (TPSA) is 74.7 Å². The van der Waals surface area contributed by atoms with Crippen LogP contribution < -0.4 is 5.69 Å². The van der Waals surface area contributed by atoms with Crippen LogP contribution in [0.1, 0.15) is 67.5 Å². The van der Waals surface area contributed by atoms with Gasteiger partial charge in [-0.1, -0.05) is 53.8 Å². The van der Waals surface area contributed by atoms with Crippen LogP contribution in [0.25, 0.3) is 0 Å². The number of hydrogen-bond donors (Lipinski definition) is 1. The number of aromatic amines is 1. The average molecular weight is 501 g/mol. The normalized spacial score (nSPS) is 27.7. The average Bonchev–Trinajstić information content (AvgIpc) is 2.88. The van der Waals surface area contributed by atoms with Gasteiger partial charge in [-0.3, -0.25) is 9.55 Å². The fraction of sp³-hybridized carbons (Fsp3) is 0.727. The Morgan fingerprint density at radius 1 is 1.25 bits per heavy atom. The van der Waals surface area contributed by atoms with Crippen molar-refractivity contribution in [1.29, 1.82) is 0 Å². The predicted octanol–water partition coefficient (Wildman–Crippen LogP) is 5.81. The molecule has 0 radical (unpaired) electrons. The van der Waals surface area contributed by atoms with Crippen molar-refractivity contribution in [2.45, 2.75) is 89.1 Å². The predicted molar refractivity (Wildman–Crippen MR) is 132 cm³/mol. The molecule has 1 N–H and O–H groups in total. The molecule has 0 aliphatic carbocycles. The van der Waals surface area contributed by atoms with Crippen molar-refractivity contribution in [3.05, 3.63) is 38.9 Å². The maximum Gasteiger partial charge on any atom is 0.437 e. The van der Waals surface area contributed by atoms with Gasteiger partial charge in [-0.05, 0) is 31.1 Å². The summed E-state index contributed by atoms with van der Waals surface area (Å²) >= 11 is 7.06. The third-order valence-electron chi connectivity index (χ3n) is 6.16. The summed E-state index contributed by atoms with van der Waals surface area (Å²) < 4.78 is 20.9. The molecule has 7 nitrogen and oxygen atoms in total. The summed E-state index contributed by atoms with van der Waals surface area (Å²) in [6.45, 7) is 15.4. The molecule has 4 unspecified atom stereocenters. The zero-order valence-corrected chi connectivity index (χ0v) is 22.7. The Labute approximate surface area is 201 Å². The van der Waals surface area contributed by atoms with Gasteiger partial charge in [-0.25, -0.2) is 14.3 Å². The summed E-state index contributed by atoms with van der Waals surface area (Å²) in [6.07, 6.45) is 3.25. The van der Waals surface area contributed by atoms with Crippen molar-refractivity contribution in [3.63, 3.8) is 0 Å². The standard InChI is InChI=1S/C22H36N2O5S2Si/c1-13(2)31-15(5)8-9-16(6)32(14(3)4)28-20-17(7)21(27-18(20)12-26-29-32)24-11-10-19(30)23-22(24)25/h10-11,13-17,21H,8-9,12H2,1-7H3,(H,23,25,30)/t15?,16?,17?,21-,32?/m1/s1. The second kappa shape index (κ2) is 10.5. The van der Waals surface area contributed by atoms with E-state index in [-0.39, 0.29) is 29.3 Å². The minimum atomic E-state index is -2.78. The molecule has 2 aliphatic rings. The van der Waals surface area contributed by atoms with Gasteiger partial charge in [0.1, 0.15) is 17.0 Å². The Balaban J connectivity index is 1.81. The summed E-state index contributed by atoms with van der Waals surface area (Å²) in [5.74, 6) is 1.19. The van der Waals surface area contributed by atoms with Gasteiger partial charge < -0.3 is 9.16 Å². The zero-order chi connectivity index (χ0) is 23.6. The molecular formula is C22H36N2O5S2Si. The summed E-state index contributed by atoms with van der Waals surface area (Å²) in [4.78, 5) is 20.8. The summed E-state index contributed by atoms with van der Waals surface area (Å²) in [6, 6.07) is 1.68. The molecule has 5 atom stereocenters. The highest BCUT2D eigenvalue weighted by Crippen LogP contribution is 2.47. The number of aromatic nitrogens is 2. The quantitative estimate of drug-likeness (QED) is 0.274. The van der Waals surface area contributed by atoms with Gasteiger partial charge in [0.2, 0.25) is 0 Å². The number of ether oxygens (including phenoxy) is 1. The van der Waals surface area contributed by atoms with Gasteiger partial charge in [0.05, 0.1) is 5.92 Å². The van der Waals surface area contributed by atoms with Crippen LogP contribution in [-0.2, 0) is 18.6 Å². The molecule has 180 valence electrons. The molecule has 1 aromatic rings. The van der Waals surface area contributed by atoms with Gasteiger partial charge >= 0.3 is 14.3 Å². The van der Waals surface area contributed by atoms with E-state index >= 15 is 0 Å². The van der Waals surface area contributed by atoms with E-state index in [1.54, 1.807) is 12.3 Å². The minimum absolute atomic E-state index is 0.161. The summed E-state index contributed by atoms with van der Waals surface area (Å²) in [5.41, 5.74) is 0.104. The number of hydrogen-bond acceptors (Lipinski definition) is 7. The van der Waals surface area contributed by atoms with E-state index in [4.69, 9.17) is 30.8 Å². The van der Waals surface area contributed by atoms with Gasteiger partial charge in [-0.2, -0.15) is 11.8 Å². The lowest BCUT2D eigenvalue weighted by atomic mass is 10.1. The van der Waals surface area contributed by atoms with Crippen LogP contribution in [-0.4, -0.2) is 35.2 Å². The van der Waals surface area contributed by atoms with Crippen molar-refractivity contribution in [3.8, 4) is 0 Å². The monoisotopic (exact) mass is 500 g/mol. The Bertz CT molecular complexity index is 947. The second-order valence-corrected chi connectivity index (χ2v) is 15.8. The van der Waals surface area contributed by atoms with Crippen LogP contribution in [0, 0.1) is 10.6 Å². The number of H-pyrrole nitrogens is 1. The van der Waals surface area contributed by atoms with Crippen molar-refractivity contribution >= 4 is 32.5 Å². The van der Waals surface area contributed by atoms with Crippen molar-refractivity contribution in [2.75, 3.05) is 6.61 Å². The van der Waals surface area contributed by atoms with Gasteiger partial charge in [0.25, 0.3) is 0 Å². The maximum atomic E-state index is 12.5. The molecule has 3 rings (SSSR count). The van der Waals surface area contributed by atoms with Crippen LogP contribution in [0.2, 0.25) is 11.1 Å². The summed E-state index contributed by atoms with van der Waals surface area (Å²) in [5, 5.41) is 1.19. The molecule has 2 aliphatic heterocycles. The van der Waals surface area contributed by atoms with Crippen molar-refractivity contribution in [1.82, 2.24) is 9.55 Å². The molecule has 0 aromatic carbocycles. The van der Waals surface area contributed by atoms with Gasteiger partial charge in [0.15, 0.2) is 12.0 Å². The molecule has 32 heavy (non-hydrogen) atoms. The zero-order valence-electron chi connectivity index (χ0n) is 20.0. The highest BCUT2D eigenvalue weighted by Gasteiger charge is 2.55. The number of thioether (sulfide) groups is 1. The first-order chi connectivity index (χ1) is 15.0. The van der Waals surface area contributed by atoms with Crippen LogP contribution in [0.3, 0.4) is 0 Å². The van der Waals surface area contributed by atoms with Crippen LogP contribution in [0.4, 0.5) is 0 Å². The largest absolute Gasteiger partial charge is 0.519 e. The SMILES string of the molecule is CC(C)SC(C)CCC(C)[Si]1(C(C)C)OOCC2=C(O1)C(C)[C@H](n1ccc(=S)[nH]c1=O)O2. The second-order valence-electron chi connectivity index (χ2n) is 9.40. The van der Waals surface area contributed by atoms with Crippen molar-refractivity contribution in [2.24, 2.45) is 5.92 Å².